The number of carbonyl (C=O) groups excluding carboxylic acids is 1. The number of rotatable bonds is 3. The van der Waals surface area contributed by atoms with E-state index in [-0.39, 0.29) is 11.4 Å². The second-order valence-corrected chi connectivity index (χ2v) is 7.19. The fourth-order valence-corrected chi connectivity index (χ4v) is 4.03. The van der Waals surface area contributed by atoms with Gasteiger partial charge in [0, 0.05) is 44.3 Å². The number of aromatic nitrogens is 2. The van der Waals surface area contributed by atoms with Crippen molar-refractivity contribution in [1.82, 2.24) is 25.3 Å². The van der Waals surface area contributed by atoms with E-state index < -0.39 is 0 Å². The average Bonchev–Trinajstić information content (AvgIpc) is 3.24. The van der Waals surface area contributed by atoms with Gasteiger partial charge in [0.05, 0.1) is 6.54 Å². The third-order valence-corrected chi connectivity index (χ3v) is 5.62. The largest absolute Gasteiger partial charge is 0.458 e. The van der Waals surface area contributed by atoms with Gasteiger partial charge in [0.1, 0.15) is 11.5 Å². The van der Waals surface area contributed by atoms with E-state index >= 15 is 0 Å². The van der Waals surface area contributed by atoms with Crippen molar-refractivity contribution in [2.45, 2.75) is 31.3 Å². The zero-order valence-electron chi connectivity index (χ0n) is 14.6. The summed E-state index contributed by atoms with van der Waals surface area (Å²) >= 11 is 0. The molecule has 0 aliphatic carbocycles. The fourth-order valence-electron chi connectivity index (χ4n) is 4.03. The zero-order chi connectivity index (χ0) is 17.3. The molecule has 2 fully saturated rings. The minimum absolute atomic E-state index is 0.0796. The summed E-state index contributed by atoms with van der Waals surface area (Å²) in [5.41, 5.74) is 0.977. The average molecular weight is 343 g/mol. The van der Waals surface area contributed by atoms with Crippen LogP contribution in [-0.4, -0.2) is 64.7 Å². The number of hydrogen-bond donors (Lipinski definition) is 2. The summed E-state index contributed by atoms with van der Waals surface area (Å²) in [5, 5.41) is 9.91. The van der Waals surface area contributed by atoms with E-state index in [1.54, 1.807) is 6.20 Å². The van der Waals surface area contributed by atoms with Crippen LogP contribution in [0.2, 0.25) is 0 Å². The van der Waals surface area contributed by atoms with Crippen molar-refractivity contribution in [2.24, 2.45) is 0 Å². The first kappa shape index (κ1) is 16.4. The van der Waals surface area contributed by atoms with Gasteiger partial charge in [0.25, 0.3) is 0 Å². The quantitative estimate of drug-likeness (QED) is 0.882. The monoisotopic (exact) mass is 343 g/mol. The highest BCUT2D eigenvalue weighted by atomic mass is 16.3. The van der Waals surface area contributed by atoms with Crippen LogP contribution >= 0.6 is 0 Å². The lowest BCUT2D eigenvalue weighted by molar-refractivity contribution is -0.121. The number of aromatic amines is 1. The summed E-state index contributed by atoms with van der Waals surface area (Å²) in [4.78, 5) is 16.6. The molecular formula is C18H25N5O2. The van der Waals surface area contributed by atoms with Gasteiger partial charge in [-0.3, -0.25) is 19.7 Å². The van der Waals surface area contributed by atoms with Crippen molar-refractivity contribution in [3.8, 4) is 11.5 Å². The molecule has 4 rings (SSSR count). The van der Waals surface area contributed by atoms with Crippen LogP contribution in [0.25, 0.3) is 11.5 Å². The molecule has 2 saturated heterocycles. The molecule has 1 spiro atoms. The van der Waals surface area contributed by atoms with E-state index in [1.807, 2.05) is 18.2 Å². The van der Waals surface area contributed by atoms with Crippen molar-refractivity contribution in [1.29, 1.82) is 0 Å². The standard InChI is InChI=1S/C18H25N5O2/c1-22-10-11-23(13-18(22)6-4-17(24)19-9-7-18)12-14-2-3-16(25-14)15-5-8-20-21-15/h2-3,5,8H,4,6-7,9-13H2,1H3,(H,19,24)(H,20,21)/t18-/m0/s1. The summed E-state index contributed by atoms with van der Waals surface area (Å²) in [5.74, 6) is 1.96. The van der Waals surface area contributed by atoms with Gasteiger partial charge in [-0.15, -0.1) is 0 Å². The topological polar surface area (TPSA) is 77.4 Å². The number of nitrogens with one attached hydrogen (secondary N) is 2. The number of likely N-dealkylation sites (N-methyl/N-ethyl adjacent to an activating group) is 1. The maximum Gasteiger partial charge on any atom is 0.220 e. The van der Waals surface area contributed by atoms with Crippen LogP contribution in [0.5, 0.6) is 0 Å². The van der Waals surface area contributed by atoms with Crippen molar-refractivity contribution in [2.75, 3.05) is 33.2 Å². The molecule has 1 atom stereocenters. The first-order chi connectivity index (χ1) is 12.1. The fraction of sp³-hybridized carbons (Fsp3) is 0.556. The minimum Gasteiger partial charge on any atom is -0.458 e. The normalized spacial score (nSPS) is 25.9. The van der Waals surface area contributed by atoms with Crippen LogP contribution in [0.4, 0.5) is 0 Å². The molecule has 0 saturated carbocycles. The van der Waals surface area contributed by atoms with Crippen LogP contribution in [0.3, 0.4) is 0 Å². The molecule has 0 bridgehead atoms. The highest BCUT2D eigenvalue weighted by molar-refractivity contribution is 5.76. The van der Waals surface area contributed by atoms with Gasteiger partial charge in [0.15, 0.2) is 5.76 Å². The Kier molecular flexibility index (Phi) is 4.35. The molecular weight excluding hydrogens is 318 g/mol. The number of carbonyl (C=O) groups is 1. The number of H-pyrrole nitrogens is 1. The molecule has 0 unspecified atom stereocenters. The molecule has 134 valence electrons. The van der Waals surface area contributed by atoms with Crippen LogP contribution < -0.4 is 5.32 Å². The second kappa shape index (κ2) is 6.65. The molecule has 1 amide bonds. The molecule has 2 N–H and O–H groups in total. The van der Waals surface area contributed by atoms with Gasteiger partial charge in [-0.25, -0.2) is 0 Å². The summed E-state index contributed by atoms with van der Waals surface area (Å²) in [7, 11) is 2.19. The number of nitrogens with zero attached hydrogens (tertiary/aromatic N) is 3. The Morgan fingerprint density at radius 2 is 2.20 bits per heavy atom. The van der Waals surface area contributed by atoms with Gasteiger partial charge in [0.2, 0.25) is 5.91 Å². The maximum absolute atomic E-state index is 11.7. The van der Waals surface area contributed by atoms with Gasteiger partial charge in [-0.2, -0.15) is 5.10 Å². The van der Waals surface area contributed by atoms with Crippen LogP contribution in [-0.2, 0) is 11.3 Å². The van der Waals surface area contributed by atoms with Crippen molar-refractivity contribution in [3.05, 3.63) is 30.2 Å². The Labute approximate surface area is 147 Å². The van der Waals surface area contributed by atoms with Gasteiger partial charge in [-0.05, 0) is 38.1 Å². The predicted molar refractivity (Wildman–Crippen MR) is 93.8 cm³/mol. The third-order valence-electron chi connectivity index (χ3n) is 5.62. The Hall–Kier alpha value is -2.12. The first-order valence-electron chi connectivity index (χ1n) is 8.93. The van der Waals surface area contributed by atoms with Gasteiger partial charge in [-0.1, -0.05) is 0 Å². The predicted octanol–water partition coefficient (Wildman–Crippen LogP) is 1.46. The number of amides is 1. The van der Waals surface area contributed by atoms with E-state index in [4.69, 9.17) is 4.42 Å². The SMILES string of the molecule is CN1CCN(Cc2ccc(-c3ccn[nH]3)o2)C[C@]12CCNC(=O)CC2. The van der Waals surface area contributed by atoms with E-state index in [2.05, 4.69) is 32.4 Å². The first-order valence-corrected chi connectivity index (χ1v) is 8.93. The van der Waals surface area contributed by atoms with E-state index in [0.717, 1.165) is 62.8 Å². The summed E-state index contributed by atoms with van der Waals surface area (Å²) in [6.45, 7) is 4.56. The summed E-state index contributed by atoms with van der Waals surface area (Å²) in [6.07, 6.45) is 4.26. The number of hydrogen-bond acceptors (Lipinski definition) is 5. The Morgan fingerprint density at radius 3 is 3.04 bits per heavy atom. The molecule has 4 heterocycles. The number of piperazine rings is 1. The van der Waals surface area contributed by atoms with Gasteiger partial charge < -0.3 is 9.73 Å². The maximum atomic E-state index is 11.7. The van der Waals surface area contributed by atoms with Gasteiger partial charge >= 0.3 is 0 Å². The highest BCUT2D eigenvalue weighted by Crippen LogP contribution is 2.31. The second-order valence-electron chi connectivity index (χ2n) is 7.19. The minimum atomic E-state index is 0.0796. The van der Waals surface area contributed by atoms with Crippen LogP contribution in [0.1, 0.15) is 25.0 Å². The lowest BCUT2D eigenvalue weighted by atomic mass is 9.86. The molecule has 2 aliphatic heterocycles. The van der Waals surface area contributed by atoms with E-state index in [1.165, 1.54) is 0 Å². The molecule has 2 aromatic heterocycles. The van der Waals surface area contributed by atoms with Crippen molar-refractivity contribution in [3.63, 3.8) is 0 Å². The molecule has 2 aliphatic rings. The molecule has 0 aromatic carbocycles. The molecule has 0 radical (unpaired) electrons. The lowest BCUT2D eigenvalue weighted by Crippen LogP contribution is -2.60. The molecule has 2 aromatic rings. The summed E-state index contributed by atoms with van der Waals surface area (Å²) in [6, 6.07) is 5.94. The highest BCUT2D eigenvalue weighted by Gasteiger charge is 2.40. The van der Waals surface area contributed by atoms with E-state index in [0.29, 0.717) is 6.42 Å². The Bertz CT molecular complexity index is 726. The van der Waals surface area contributed by atoms with Crippen molar-refractivity contribution < 1.29 is 9.21 Å². The molecule has 7 heteroatoms. The number of furan rings is 1. The van der Waals surface area contributed by atoms with E-state index in [9.17, 15) is 4.79 Å². The Balaban J connectivity index is 1.45. The van der Waals surface area contributed by atoms with Crippen LogP contribution in [0, 0.1) is 0 Å². The molecule has 7 nitrogen and oxygen atoms in total. The lowest BCUT2D eigenvalue weighted by Gasteiger charge is -2.49. The third kappa shape index (κ3) is 3.34. The zero-order valence-corrected chi connectivity index (χ0v) is 14.6. The van der Waals surface area contributed by atoms with Crippen LogP contribution in [0.15, 0.2) is 28.8 Å². The Morgan fingerprint density at radius 1 is 1.28 bits per heavy atom. The smallest absolute Gasteiger partial charge is 0.220 e. The molecule has 25 heavy (non-hydrogen) atoms. The van der Waals surface area contributed by atoms with Crippen molar-refractivity contribution >= 4 is 5.91 Å². The summed E-state index contributed by atoms with van der Waals surface area (Å²) < 4.78 is 5.98.